The number of methoxy groups -OCH3 is 1. The van der Waals surface area contributed by atoms with E-state index in [0.29, 0.717) is 6.54 Å². The first kappa shape index (κ1) is 12.2. The van der Waals surface area contributed by atoms with E-state index in [4.69, 9.17) is 4.74 Å². The number of hydrogen-bond donors (Lipinski definition) is 0. The predicted octanol–water partition coefficient (Wildman–Crippen LogP) is 1.44. The summed E-state index contributed by atoms with van der Waals surface area (Å²) >= 11 is 0. The molecule has 0 bridgehead atoms. The van der Waals surface area contributed by atoms with Gasteiger partial charge in [-0.05, 0) is 20.8 Å². The third-order valence-corrected chi connectivity index (χ3v) is 1.93. The summed E-state index contributed by atoms with van der Waals surface area (Å²) in [5.41, 5.74) is 0. The van der Waals surface area contributed by atoms with Gasteiger partial charge in [0, 0.05) is 19.7 Å². The Kier molecular flexibility index (Phi) is 5.39. The molecular formula is C10H19NO2. The van der Waals surface area contributed by atoms with Gasteiger partial charge in [-0.15, -0.1) is 6.58 Å². The van der Waals surface area contributed by atoms with Crippen molar-refractivity contribution in [2.45, 2.75) is 32.9 Å². The Hall–Kier alpha value is -0.830. The summed E-state index contributed by atoms with van der Waals surface area (Å²) in [5.74, 6) is 0.0115. The summed E-state index contributed by atoms with van der Waals surface area (Å²) in [6.45, 7) is 9.89. The molecule has 1 atom stereocenters. The molecule has 76 valence electrons. The molecule has 1 amide bonds. The lowest BCUT2D eigenvalue weighted by Gasteiger charge is -2.27. The number of rotatable bonds is 5. The van der Waals surface area contributed by atoms with Crippen molar-refractivity contribution in [2.24, 2.45) is 0 Å². The first-order chi connectivity index (χ1) is 6.04. The minimum Gasteiger partial charge on any atom is -0.372 e. The SMILES string of the molecule is C=CCN(C(=O)C(C)OC)C(C)C. The molecular weight excluding hydrogens is 166 g/mol. The second-order valence-corrected chi connectivity index (χ2v) is 3.25. The molecule has 0 radical (unpaired) electrons. The molecule has 13 heavy (non-hydrogen) atoms. The third kappa shape index (κ3) is 3.59. The topological polar surface area (TPSA) is 29.5 Å². The zero-order valence-electron chi connectivity index (χ0n) is 8.91. The van der Waals surface area contributed by atoms with Crippen LogP contribution in [-0.4, -0.2) is 36.6 Å². The van der Waals surface area contributed by atoms with E-state index in [9.17, 15) is 4.79 Å². The normalized spacial score (nSPS) is 12.7. The van der Waals surface area contributed by atoms with Gasteiger partial charge in [0.2, 0.25) is 0 Å². The van der Waals surface area contributed by atoms with Crippen LogP contribution in [0, 0.1) is 0 Å². The highest BCUT2D eigenvalue weighted by atomic mass is 16.5. The highest BCUT2D eigenvalue weighted by Gasteiger charge is 2.20. The largest absolute Gasteiger partial charge is 0.372 e. The highest BCUT2D eigenvalue weighted by Crippen LogP contribution is 2.03. The van der Waals surface area contributed by atoms with Crippen LogP contribution in [0.1, 0.15) is 20.8 Å². The van der Waals surface area contributed by atoms with E-state index in [0.717, 1.165) is 0 Å². The van der Waals surface area contributed by atoms with Gasteiger partial charge in [-0.3, -0.25) is 4.79 Å². The average molecular weight is 185 g/mol. The summed E-state index contributed by atoms with van der Waals surface area (Å²) in [4.78, 5) is 13.4. The van der Waals surface area contributed by atoms with Gasteiger partial charge in [0.1, 0.15) is 6.10 Å². The van der Waals surface area contributed by atoms with Crippen LogP contribution >= 0.6 is 0 Å². The monoisotopic (exact) mass is 185 g/mol. The molecule has 1 unspecified atom stereocenters. The molecule has 0 aromatic carbocycles. The summed E-state index contributed by atoms with van der Waals surface area (Å²) in [5, 5.41) is 0. The summed E-state index contributed by atoms with van der Waals surface area (Å²) in [7, 11) is 1.54. The van der Waals surface area contributed by atoms with Crippen molar-refractivity contribution < 1.29 is 9.53 Å². The standard InChI is InChI=1S/C10H19NO2/c1-6-7-11(8(2)3)10(12)9(4)13-5/h6,8-9H,1,7H2,2-5H3. The quantitative estimate of drug-likeness (QED) is 0.607. The Morgan fingerprint density at radius 2 is 2.08 bits per heavy atom. The zero-order chi connectivity index (χ0) is 10.4. The third-order valence-electron chi connectivity index (χ3n) is 1.93. The van der Waals surface area contributed by atoms with Crippen molar-refractivity contribution in [2.75, 3.05) is 13.7 Å². The second kappa shape index (κ2) is 5.75. The fraction of sp³-hybridized carbons (Fsp3) is 0.700. The molecule has 0 aromatic heterocycles. The van der Waals surface area contributed by atoms with Crippen molar-refractivity contribution >= 4 is 5.91 Å². The Morgan fingerprint density at radius 1 is 1.54 bits per heavy atom. The van der Waals surface area contributed by atoms with Gasteiger partial charge in [-0.25, -0.2) is 0 Å². The summed E-state index contributed by atoms with van der Waals surface area (Å²) in [6, 6.07) is 0.183. The summed E-state index contributed by atoms with van der Waals surface area (Å²) < 4.78 is 4.96. The molecule has 0 aliphatic rings. The first-order valence-corrected chi connectivity index (χ1v) is 4.48. The highest BCUT2D eigenvalue weighted by molar-refractivity contribution is 5.80. The van der Waals surface area contributed by atoms with Crippen LogP contribution in [0.25, 0.3) is 0 Å². The van der Waals surface area contributed by atoms with Crippen molar-refractivity contribution in [3.05, 3.63) is 12.7 Å². The predicted molar refractivity (Wildman–Crippen MR) is 53.5 cm³/mol. The van der Waals surface area contributed by atoms with Gasteiger partial charge in [-0.1, -0.05) is 6.08 Å². The molecule has 0 saturated carbocycles. The van der Waals surface area contributed by atoms with Crippen molar-refractivity contribution in [1.29, 1.82) is 0 Å². The van der Waals surface area contributed by atoms with Gasteiger partial charge in [0.05, 0.1) is 0 Å². The molecule has 0 aliphatic carbocycles. The lowest BCUT2D eigenvalue weighted by atomic mass is 10.2. The Labute approximate surface area is 80.4 Å². The molecule has 3 nitrogen and oxygen atoms in total. The zero-order valence-corrected chi connectivity index (χ0v) is 8.91. The number of ether oxygens (including phenoxy) is 1. The molecule has 0 heterocycles. The molecule has 0 saturated heterocycles. The molecule has 0 aliphatic heterocycles. The van der Waals surface area contributed by atoms with E-state index < -0.39 is 0 Å². The Bertz CT molecular complexity index is 178. The van der Waals surface area contributed by atoms with Gasteiger partial charge < -0.3 is 9.64 Å². The van der Waals surface area contributed by atoms with Crippen LogP contribution in [0.2, 0.25) is 0 Å². The van der Waals surface area contributed by atoms with Crippen LogP contribution in [-0.2, 0) is 9.53 Å². The minimum atomic E-state index is -0.373. The maximum absolute atomic E-state index is 11.7. The number of amides is 1. The van der Waals surface area contributed by atoms with E-state index in [2.05, 4.69) is 6.58 Å². The fourth-order valence-electron chi connectivity index (χ4n) is 1.03. The van der Waals surface area contributed by atoms with Crippen LogP contribution in [0.5, 0.6) is 0 Å². The van der Waals surface area contributed by atoms with E-state index in [1.807, 2.05) is 13.8 Å². The Morgan fingerprint density at radius 3 is 2.38 bits per heavy atom. The van der Waals surface area contributed by atoms with Crippen LogP contribution in [0.15, 0.2) is 12.7 Å². The molecule has 0 aromatic rings. The fourth-order valence-corrected chi connectivity index (χ4v) is 1.03. The number of carbonyl (C=O) groups excluding carboxylic acids is 1. The minimum absolute atomic E-state index is 0.0115. The van der Waals surface area contributed by atoms with Gasteiger partial charge in [-0.2, -0.15) is 0 Å². The van der Waals surface area contributed by atoms with Gasteiger partial charge in [0.25, 0.3) is 5.91 Å². The molecule has 3 heteroatoms. The molecule has 0 N–H and O–H groups in total. The number of carbonyl (C=O) groups is 1. The van der Waals surface area contributed by atoms with Gasteiger partial charge >= 0.3 is 0 Å². The van der Waals surface area contributed by atoms with Crippen LogP contribution < -0.4 is 0 Å². The van der Waals surface area contributed by atoms with E-state index in [-0.39, 0.29) is 18.1 Å². The lowest BCUT2D eigenvalue weighted by Crippen LogP contribution is -2.42. The number of nitrogens with zero attached hydrogens (tertiary/aromatic N) is 1. The molecule has 0 rings (SSSR count). The Balaban J connectivity index is 4.35. The van der Waals surface area contributed by atoms with Crippen LogP contribution in [0.4, 0.5) is 0 Å². The van der Waals surface area contributed by atoms with Crippen molar-refractivity contribution in [3.8, 4) is 0 Å². The maximum atomic E-state index is 11.7. The lowest BCUT2D eigenvalue weighted by molar-refractivity contribution is -0.142. The molecule has 0 spiro atoms. The second-order valence-electron chi connectivity index (χ2n) is 3.25. The van der Waals surface area contributed by atoms with Crippen LogP contribution in [0.3, 0.4) is 0 Å². The average Bonchev–Trinajstić information content (AvgIpc) is 2.11. The smallest absolute Gasteiger partial charge is 0.251 e. The maximum Gasteiger partial charge on any atom is 0.251 e. The van der Waals surface area contributed by atoms with E-state index in [1.54, 1.807) is 17.9 Å². The summed E-state index contributed by atoms with van der Waals surface area (Å²) in [6.07, 6.45) is 1.35. The van der Waals surface area contributed by atoms with Gasteiger partial charge in [0.15, 0.2) is 0 Å². The molecule has 0 fully saturated rings. The first-order valence-electron chi connectivity index (χ1n) is 4.48. The van der Waals surface area contributed by atoms with Crippen molar-refractivity contribution in [1.82, 2.24) is 4.90 Å². The van der Waals surface area contributed by atoms with Crippen molar-refractivity contribution in [3.63, 3.8) is 0 Å². The van der Waals surface area contributed by atoms with E-state index >= 15 is 0 Å². The van der Waals surface area contributed by atoms with E-state index in [1.165, 1.54) is 7.11 Å². The number of hydrogen-bond acceptors (Lipinski definition) is 2.